The average molecular weight is 165 g/mol. The molecule has 0 bridgehead atoms. The lowest BCUT2D eigenvalue weighted by Gasteiger charge is -1.87. The highest BCUT2D eigenvalue weighted by Crippen LogP contribution is 2.07. The Morgan fingerprint density at radius 2 is 1.92 bits per heavy atom. The molecule has 0 saturated carbocycles. The standard InChI is InChI=1S/C6H3N3O3/c10-3-1-2-4(9-8-3)6(12)7-5(2)11/h1H,(H,8,10)(H,7,11,12). The van der Waals surface area contributed by atoms with Gasteiger partial charge in [-0.05, 0) is 0 Å². The number of amides is 2. The monoisotopic (exact) mass is 165 g/mol. The SMILES string of the molecule is O=C1NC(=O)c2n[nH]c(=O)cc21. The van der Waals surface area contributed by atoms with Crippen molar-refractivity contribution in [2.45, 2.75) is 0 Å². The molecule has 0 aliphatic carbocycles. The van der Waals surface area contributed by atoms with Crippen LogP contribution in [0.25, 0.3) is 0 Å². The van der Waals surface area contributed by atoms with Gasteiger partial charge in [-0.15, -0.1) is 0 Å². The molecule has 0 atom stereocenters. The molecular formula is C6H3N3O3. The molecular weight excluding hydrogens is 162 g/mol. The number of nitrogens with one attached hydrogen (secondary N) is 2. The van der Waals surface area contributed by atoms with Gasteiger partial charge in [0.2, 0.25) is 0 Å². The second-order valence-electron chi connectivity index (χ2n) is 2.28. The summed E-state index contributed by atoms with van der Waals surface area (Å²) in [5, 5.41) is 7.49. The topological polar surface area (TPSA) is 91.9 Å². The van der Waals surface area contributed by atoms with Gasteiger partial charge in [0.15, 0.2) is 5.69 Å². The maximum atomic E-state index is 10.9. The van der Waals surface area contributed by atoms with Crippen molar-refractivity contribution in [3.05, 3.63) is 27.7 Å². The van der Waals surface area contributed by atoms with Gasteiger partial charge in [0.1, 0.15) is 0 Å². The van der Waals surface area contributed by atoms with Crippen molar-refractivity contribution in [3.63, 3.8) is 0 Å². The summed E-state index contributed by atoms with van der Waals surface area (Å²) in [5.74, 6) is -1.15. The van der Waals surface area contributed by atoms with Crippen molar-refractivity contribution in [3.8, 4) is 0 Å². The van der Waals surface area contributed by atoms with E-state index in [-0.39, 0.29) is 11.3 Å². The van der Waals surface area contributed by atoms with Crippen molar-refractivity contribution in [1.82, 2.24) is 15.5 Å². The van der Waals surface area contributed by atoms with E-state index in [1.54, 1.807) is 0 Å². The van der Waals surface area contributed by atoms with Crippen molar-refractivity contribution in [2.24, 2.45) is 0 Å². The maximum Gasteiger partial charge on any atom is 0.279 e. The Morgan fingerprint density at radius 3 is 2.67 bits per heavy atom. The third-order valence-electron chi connectivity index (χ3n) is 1.50. The molecule has 2 amide bonds. The first-order valence-corrected chi connectivity index (χ1v) is 3.14. The number of hydrogen-bond acceptors (Lipinski definition) is 4. The fourth-order valence-electron chi connectivity index (χ4n) is 0.979. The Labute approximate surface area is 65.6 Å². The molecule has 12 heavy (non-hydrogen) atoms. The van der Waals surface area contributed by atoms with E-state index >= 15 is 0 Å². The summed E-state index contributed by atoms with van der Waals surface area (Å²) in [5.41, 5.74) is -0.498. The van der Waals surface area contributed by atoms with E-state index in [1.165, 1.54) is 0 Å². The first-order chi connectivity index (χ1) is 5.68. The minimum absolute atomic E-state index is 0.0281. The van der Waals surface area contributed by atoms with Crippen LogP contribution in [0.1, 0.15) is 20.8 Å². The lowest BCUT2D eigenvalue weighted by Crippen LogP contribution is -2.20. The molecule has 2 heterocycles. The fraction of sp³-hybridized carbons (Fsp3) is 0. The summed E-state index contributed by atoms with van der Waals surface area (Å²) in [6.07, 6.45) is 0. The molecule has 6 nitrogen and oxygen atoms in total. The third kappa shape index (κ3) is 0.746. The molecule has 0 unspecified atom stereocenters. The van der Waals surface area contributed by atoms with E-state index in [9.17, 15) is 14.4 Å². The number of H-pyrrole nitrogens is 1. The van der Waals surface area contributed by atoms with E-state index in [0.29, 0.717) is 0 Å². The molecule has 1 aromatic rings. The van der Waals surface area contributed by atoms with Crippen molar-refractivity contribution >= 4 is 11.8 Å². The van der Waals surface area contributed by atoms with Crippen molar-refractivity contribution in [2.75, 3.05) is 0 Å². The number of imide groups is 1. The van der Waals surface area contributed by atoms with E-state index in [2.05, 4.69) is 10.2 Å². The zero-order valence-corrected chi connectivity index (χ0v) is 5.75. The molecule has 60 valence electrons. The van der Waals surface area contributed by atoms with E-state index in [0.717, 1.165) is 6.07 Å². The van der Waals surface area contributed by atoms with Gasteiger partial charge in [-0.3, -0.25) is 19.7 Å². The van der Waals surface area contributed by atoms with Crippen molar-refractivity contribution < 1.29 is 9.59 Å². The number of hydrogen-bond donors (Lipinski definition) is 2. The molecule has 0 aromatic carbocycles. The Balaban J connectivity index is 2.76. The molecule has 1 aromatic heterocycles. The number of rotatable bonds is 0. The minimum atomic E-state index is -0.578. The summed E-state index contributed by atoms with van der Waals surface area (Å²) in [6, 6.07) is 1.04. The second kappa shape index (κ2) is 2.00. The predicted octanol–water partition coefficient (Wildman–Crippen LogP) is -1.35. The fourth-order valence-corrected chi connectivity index (χ4v) is 0.979. The first kappa shape index (κ1) is 6.71. The van der Waals surface area contributed by atoms with Crippen LogP contribution in [0, 0.1) is 0 Å². The van der Waals surface area contributed by atoms with Gasteiger partial charge in [0.05, 0.1) is 5.56 Å². The van der Waals surface area contributed by atoms with E-state index < -0.39 is 17.4 Å². The quantitative estimate of drug-likeness (QED) is 0.465. The molecule has 0 spiro atoms. The smallest absolute Gasteiger partial charge is 0.279 e. The van der Waals surface area contributed by atoms with Crippen LogP contribution in [0.2, 0.25) is 0 Å². The third-order valence-corrected chi connectivity index (χ3v) is 1.50. The Kier molecular flexibility index (Phi) is 1.12. The highest BCUT2D eigenvalue weighted by atomic mass is 16.2. The normalized spacial score (nSPS) is 14.3. The number of aromatic amines is 1. The van der Waals surface area contributed by atoms with Crippen LogP contribution in [-0.4, -0.2) is 22.0 Å². The van der Waals surface area contributed by atoms with Crippen LogP contribution in [0.5, 0.6) is 0 Å². The van der Waals surface area contributed by atoms with Gasteiger partial charge in [-0.25, -0.2) is 5.10 Å². The van der Waals surface area contributed by atoms with Gasteiger partial charge in [-0.2, -0.15) is 5.10 Å². The molecule has 2 N–H and O–H groups in total. The molecule has 0 radical (unpaired) electrons. The van der Waals surface area contributed by atoms with Crippen molar-refractivity contribution in [1.29, 1.82) is 0 Å². The average Bonchev–Trinajstić information content (AvgIpc) is 2.28. The zero-order valence-electron chi connectivity index (χ0n) is 5.75. The van der Waals surface area contributed by atoms with Crippen LogP contribution in [0.3, 0.4) is 0 Å². The Bertz CT molecular complexity index is 434. The Hall–Kier alpha value is -1.98. The van der Waals surface area contributed by atoms with Gasteiger partial charge in [0, 0.05) is 6.07 Å². The summed E-state index contributed by atoms with van der Waals surface area (Å²) in [7, 11) is 0. The number of nitrogens with zero attached hydrogens (tertiary/aromatic N) is 1. The molecule has 1 aliphatic heterocycles. The van der Waals surface area contributed by atoms with Crippen LogP contribution in [0.15, 0.2) is 10.9 Å². The molecule has 1 aliphatic rings. The van der Waals surface area contributed by atoms with Crippen LogP contribution in [-0.2, 0) is 0 Å². The van der Waals surface area contributed by atoms with Gasteiger partial charge < -0.3 is 0 Å². The van der Waals surface area contributed by atoms with Crippen LogP contribution >= 0.6 is 0 Å². The van der Waals surface area contributed by atoms with Gasteiger partial charge in [-0.1, -0.05) is 0 Å². The summed E-state index contributed by atoms with van der Waals surface area (Å²) in [6.45, 7) is 0. The molecule has 0 fully saturated rings. The molecule has 2 rings (SSSR count). The van der Waals surface area contributed by atoms with Gasteiger partial charge in [0.25, 0.3) is 17.4 Å². The number of carbonyl (C=O) groups excluding carboxylic acids is 2. The van der Waals surface area contributed by atoms with Crippen LogP contribution < -0.4 is 10.9 Å². The first-order valence-electron chi connectivity index (χ1n) is 3.14. The minimum Gasteiger partial charge on any atom is -0.287 e. The predicted molar refractivity (Wildman–Crippen MR) is 36.7 cm³/mol. The lowest BCUT2D eigenvalue weighted by atomic mass is 10.2. The van der Waals surface area contributed by atoms with E-state index in [1.807, 2.05) is 5.32 Å². The largest absolute Gasteiger partial charge is 0.287 e. The number of aromatic nitrogens is 2. The zero-order chi connectivity index (χ0) is 8.72. The lowest BCUT2D eigenvalue weighted by molar-refractivity contribution is 0.0878. The summed E-state index contributed by atoms with van der Waals surface area (Å²) < 4.78 is 0. The maximum absolute atomic E-state index is 10.9. The number of fused-ring (bicyclic) bond motifs is 1. The van der Waals surface area contributed by atoms with Crippen LogP contribution in [0.4, 0.5) is 0 Å². The van der Waals surface area contributed by atoms with Gasteiger partial charge >= 0.3 is 0 Å². The summed E-state index contributed by atoms with van der Waals surface area (Å²) >= 11 is 0. The second-order valence-corrected chi connectivity index (χ2v) is 2.28. The Morgan fingerprint density at radius 1 is 1.17 bits per heavy atom. The summed E-state index contributed by atoms with van der Waals surface area (Å²) in [4.78, 5) is 32.4. The molecule has 6 heteroatoms. The number of carbonyl (C=O) groups is 2. The molecule has 0 saturated heterocycles. The highest BCUT2D eigenvalue weighted by Gasteiger charge is 2.28. The van der Waals surface area contributed by atoms with E-state index in [4.69, 9.17) is 0 Å². The highest BCUT2D eigenvalue weighted by molar-refractivity contribution is 6.20.